The Balaban J connectivity index is 2.26. The maximum absolute atomic E-state index is 13.2. The first-order valence-electron chi connectivity index (χ1n) is 12.0. The molecule has 206 valence electrons. The number of phenols is 1. The van der Waals surface area contributed by atoms with Gasteiger partial charge in [-0.25, -0.2) is 4.79 Å². The van der Waals surface area contributed by atoms with Gasteiger partial charge in [0.2, 0.25) is 17.7 Å². The molecule has 9 N–H and O–H groups in total. The number of aliphatic hydroxyl groups excluding tert-OH is 2. The molecular weight excluding hydrogens is 496 g/mol. The topological polar surface area (TPSA) is 211 Å². The lowest BCUT2D eigenvalue weighted by molar-refractivity contribution is -0.142. The van der Waals surface area contributed by atoms with Crippen LogP contribution < -0.4 is 21.7 Å². The first kappa shape index (κ1) is 30.2. The second-order valence-electron chi connectivity index (χ2n) is 9.01. The van der Waals surface area contributed by atoms with Gasteiger partial charge in [-0.3, -0.25) is 14.4 Å². The SMILES string of the molecule is CC(O)C(N)C(=O)NC(C(=O)NC(Cc1ccc(O)cc1)C(=O)NC(Cc1ccccc1)C(=O)O)C(C)O. The molecule has 0 heterocycles. The highest BCUT2D eigenvalue weighted by atomic mass is 16.4. The van der Waals surface area contributed by atoms with E-state index in [0.717, 1.165) is 0 Å². The largest absolute Gasteiger partial charge is 0.508 e. The van der Waals surface area contributed by atoms with Gasteiger partial charge in [-0.15, -0.1) is 0 Å². The third kappa shape index (κ3) is 9.14. The van der Waals surface area contributed by atoms with Crippen LogP contribution in [0.5, 0.6) is 5.75 Å². The number of phenolic OH excluding ortho intramolecular Hbond substituents is 1. The van der Waals surface area contributed by atoms with Gasteiger partial charge in [-0.1, -0.05) is 42.5 Å². The normalized spacial score (nSPS) is 15.7. The van der Waals surface area contributed by atoms with Gasteiger partial charge in [0.1, 0.15) is 29.9 Å². The molecule has 0 aliphatic heterocycles. The number of carbonyl (C=O) groups is 4. The molecule has 0 aliphatic carbocycles. The Morgan fingerprint density at radius 1 is 0.737 bits per heavy atom. The van der Waals surface area contributed by atoms with Crippen molar-refractivity contribution in [1.82, 2.24) is 16.0 Å². The minimum atomic E-state index is -1.53. The van der Waals surface area contributed by atoms with Crippen molar-refractivity contribution in [3.8, 4) is 5.75 Å². The summed E-state index contributed by atoms with van der Waals surface area (Å²) in [5.74, 6) is -3.93. The molecule has 2 aromatic carbocycles. The number of nitrogens with two attached hydrogens (primary N) is 1. The molecule has 0 spiro atoms. The lowest BCUT2D eigenvalue weighted by Crippen LogP contribution is -2.61. The zero-order valence-electron chi connectivity index (χ0n) is 21.1. The van der Waals surface area contributed by atoms with E-state index in [9.17, 15) is 39.6 Å². The van der Waals surface area contributed by atoms with Gasteiger partial charge in [-0.05, 0) is 37.1 Å². The van der Waals surface area contributed by atoms with Crippen LogP contribution in [0.15, 0.2) is 54.6 Å². The molecule has 6 unspecified atom stereocenters. The van der Waals surface area contributed by atoms with Gasteiger partial charge in [-0.2, -0.15) is 0 Å². The Morgan fingerprint density at radius 2 is 1.26 bits per heavy atom. The highest BCUT2D eigenvalue weighted by molar-refractivity contribution is 5.94. The molecule has 0 bridgehead atoms. The predicted octanol–water partition coefficient (Wildman–Crippen LogP) is -1.19. The van der Waals surface area contributed by atoms with Crippen LogP contribution in [-0.2, 0) is 32.0 Å². The lowest BCUT2D eigenvalue weighted by atomic mass is 10.0. The molecular formula is C26H34N4O8. The van der Waals surface area contributed by atoms with E-state index in [1.165, 1.54) is 38.1 Å². The number of benzene rings is 2. The molecule has 12 nitrogen and oxygen atoms in total. The Hall–Kier alpha value is -4.00. The summed E-state index contributed by atoms with van der Waals surface area (Å²) in [4.78, 5) is 50.4. The van der Waals surface area contributed by atoms with Crippen LogP contribution in [-0.4, -0.2) is 80.5 Å². The Morgan fingerprint density at radius 3 is 1.79 bits per heavy atom. The number of aliphatic carboxylic acids is 1. The van der Waals surface area contributed by atoms with Crippen LogP contribution in [0.1, 0.15) is 25.0 Å². The predicted molar refractivity (Wildman–Crippen MR) is 137 cm³/mol. The highest BCUT2D eigenvalue weighted by Gasteiger charge is 2.33. The Kier molecular flexibility index (Phi) is 11.2. The van der Waals surface area contributed by atoms with Gasteiger partial charge in [0, 0.05) is 12.8 Å². The number of carbonyl (C=O) groups excluding carboxylic acids is 3. The van der Waals surface area contributed by atoms with Gasteiger partial charge >= 0.3 is 5.97 Å². The average Bonchev–Trinajstić information content (AvgIpc) is 2.87. The van der Waals surface area contributed by atoms with E-state index in [0.29, 0.717) is 11.1 Å². The van der Waals surface area contributed by atoms with Crippen molar-refractivity contribution >= 4 is 23.7 Å². The molecule has 0 aliphatic rings. The first-order valence-corrected chi connectivity index (χ1v) is 12.0. The summed E-state index contributed by atoms with van der Waals surface area (Å²) in [6.45, 7) is 2.53. The molecule has 12 heteroatoms. The fraction of sp³-hybridized carbons (Fsp3) is 0.385. The lowest BCUT2D eigenvalue weighted by Gasteiger charge is -2.27. The van der Waals surface area contributed by atoms with E-state index in [2.05, 4.69) is 16.0 Å². The maximum atomic E-state index is 13.2. The van der Waals surface area contributed by atoms with Crippen molar-refractivity contribution in [2.45, 2.75) is 63.1 Å². The number of hydrogen-bond acceptors (Lipinski definition) is 8. The van der Waals surface area contributed by atoms with Crippen LogP contribution in [0.3, 0.4) is 0 Å². The van der Waals surface area contributed by atoms with Crippen LogP contribution >= 0.6 is 0 Å². The molecule has 0 aromatic heterocycles. The summed E-state index contributed by atoms with van der Waals surface area (Å²) in [7, 11) is 0. The molecule has 0 saturated heterocycles. The number of nitrogens with one attached hydrogen (secondary N) is 3. The van der Waals surface area contributed by atoms with Crippen molar-refractivity contribution in [2.24, 2.45) is 5.73 Å². The first-order chi connectivity index (χ1) is 17.9. The van der Waals surface area contributed by atoms with Crippen molar-refractivity contribution in [3.05, 3.63) is 65.7 Å². The van der Waals surface area contributed by atoms with Gasteiger partial charge < -0.3 is 42.1 Å². The Labute approximate surface area is 219 Å². The summed E-state index contributed by atoms with van der Waals surface area (Å²) >= 11 is 0. The number of hydrogen-bond donors (Lipinski definition) is 8. The summed E-state index contributed by atoms with van der Waals surface area (Å²) in [6, 6.07) is 8.98. The van der Waals surface area contributed by atoms with Crippen LogP contribution in [0, 0.1) is 0 Å². The number of aromatic hydroxyl groups is 1. The molecule has 3 amide bonds. The molecule has 2 aromatic rings. The summed E-state index contributed by atoms with van der Waals surface area (Å²) in [5, 5.41) is 46.1. The Bertz CT molecular complexity index is 1090. The van der Waals surface area contributed by atoms with Gasteiger partial charge in [0.25, 0.3) is 0 Å². The van der Waals surface area contributed by atoms with Gasteiger partial charge in [0.15, 0.2) is 0 Å². The van der Waals surface area contributed by atoms with Crippen LogP contribution in [0.2, 0.25) is 0 Å². The van der Waals surface area contributed by atoms with Crippen molar-refractivity contribution < 1.29 is 39.6 Å². The second kappa shape index (κ2) is 14.1. The molecule has 38 heavy (non-hydrogen) atoms. The standard InChI is InChI=1S/C26H34N4O8/c1-14(31)21(27)24(35)30-22(15(2)32)25(36)28-19(12-17-8-10-18(33)11-9-17)23(34)29-20(26(37)38)13-16-6-4-3-5-7-16/h3-11,14-15,19-22,31-33H,12-13,27H2,1-2H3,(H,28,36)(H,29,34)(H,30,35)(H,37,38). The molecule has 0 radical (unpaired) electrons. The van der Waals surface area contributed by atoms with Gasteiger partial charge in [0.05, 0.1) is 12.2 Å². The van der Waals surface area contributed by atoms with Crippen molar-refractivity contribution in [2.75, 3.05) is 0 Å². The van der Waals surface area contributed by atoms with Crippen molar-refractivity contribution in [3.63, 3.8) is 0 Å². The van der Waals surface area contributed by atoms with Crippen molar-refractivity contribution in [1.29, 1.82) is 0 Å². The molecule has 0 saturated carbocycles. The number of amides is 3. The monoisotopic (exact) mass is 530 g/mol. The zero-order chi connectivity index (χ0) is 28.4. The molecule has 6 atom stereocenters. The summed E-state index contributed by atoms with van der Waals surface area (Å²) in [5.41, 5.74) is 6.81. The second-order valence-corrected chi connectivity index (χ2v) is 9.01. The smallest absolute Gasteiger partial charge is 0.326 e. The van der Waals surface area contributed by atoms with Crippen LogP contribution in [0.4, 0.5) is 0 Å². The third-order valence-electron chi connectivity index (χ3n) is 5.79. The van der Waals surface area contributed by atoms with E-state index >= 15 is 0 Å². The van der Waals surface area contributed by atoms with E-state index in [1.54, 1.807) is 30.3 Å². The number of carboxylic acids is 1. The molecule has 2 rings (SSSR count). The average molecular weight is 531 g/mol. The maximum Gasteiger partial charge on any atom is 0.326 e. The fourth-order valence-electron chi connectivity index (χ4n) is 3.53. The number of carboxylic acid groups (broad SMARTS) is 1. The van der Waals surface area contributed by atoms with Crippen LogP contribution in [0.25, 0.3) is 0 Å². The minimum absolute atomic E-state index is 0.00855. The third-order valence-corrected chi connectivity index (χ3v) is 5.79. The number of aliphatic hydroxyl groups is 2. The zero-order valence-corrected chi connectivity index (χ0v) is 21.1. The summed E-state index contributed by atoms with van der Waals surface area (Å²) in [6.07, 6.45) is -2.73. The minimum Gasteiger partial charge on any atom is -0.508 e. The van der Waals surface area contributed by atoms with E-state index in [4.69, 9.17) is 5.73 Å². The fourth-order valence-corrected chi connectivity index (χ4v) is 3.53. The van der Waals surface area contributed by atoms with E-state index < -0.39 is 60.1 Å². The quantitative estimate of drug-likeness (QED) is 0.156. The van der Waals surface area contributed by atoms with E-state index in [-0.39, 0.29) is 18.6 Å². The highest BCUT2D eigenvalue weighted by Crippen LogP contribution is 2.12. The van der Waals surface area contributed by atoms with E-state index in [1.807, 2.05) is 0 Å². The number of rotatable bonds is 13. The molecule has 0 fully saturated rings. The summed E-state index contributed by atoms with van der Waals surface area (Å²) < 4.78 is 0.